The number of methoxy groups -OCH3 is 1. The molecule has 0 radical (unpaired) electrons. The summed E-state index contributed by atoms with van der Waals surface area (Å²) in [5.41, 5.74) is 4.94. The van der Waals surface area contributed by atoms with Crippen LogP contribution in [0.25, 0.3) is 11.1 Å². The zero-order valence-corrected chi connectivity index (χ0v) is 20.0. The zero-order chi connectivity index (χ0) is 24.2. The molecule has 5 nitrogen and oxygen atoms in total. The third kappa shape index (κ3) is 7.69. The monoisotopic (exact) mass is 456 g/mol. The fourth-order valence-corrected chi connectivity index (χ4v) is 3.50. The maximum Gasteiger partial charge on any atom is 0.155 e. The SMILES string of the molecule is C=CC(=O)CCCCCCOc1ccc(N=Nc2ccc(-c3ccc(OC)cc3)cc2C)cc1. The van der Waals surface area contributed by atoms with Crippen molar-refractivity contribution in [1.82, 2.24) is 0 Å². The standard InChI is InChI=1S/C29H32N2O3/c1-4-26(32)9-7-5-6-8-20-34-28-17-13-25(14-18-28)30-31-29-19-12-24(21-22(29)2)23-10-15-27(33-3)16-11-23/h4,10-19,21H,1,5-9,20H2,2-3H3. The van der Waals surface area contributed by atoms with Gasteiger partial charge in [0, 0.05) is 6.42 Å². The van der Waals surface area contributed by atoms with E-state index in [1.54, 1.807) is 7.11 Å². The van der Waals surface area contributed by atoms with E-state index in [1.807, 2.05) is 61.5 Å². The average molecular weight is 457 g/mol. The summed E-state index contributed by atoms with van der Waals surface area (Å²) in [5, 5.41) is 8.80. The first-order valence-corrected chi connectivity index (χ1v) is 11.6. The summed E-state index contributed by atoms with van der Waals surface area (Å²) in [4.78, 5) is 11.2. The lowest BCUT2D eigenvalue weighted by Gasteiger charge is -2.07. The molecule has 0 fully saturated rings. The van der Waals surface area contributed by atoms with Gasteiger partial charge in [0.25, 0.3) is 0 Å². The minimum absolute atomic E-state index is 0.120. The van der Waals surface area contributed by atoms with Crippen LogP contribution in [0.4, 0.5) is 11.4 Å². The Hall–Kier alpha value is -3.73. The summed E-state index contributed by atoms with van der Waals surface area (Å²) >= 11 is 0. The number of carbonyl (C=O) groups is 1. The normalized spacial score (nSPS) is 10.9. The molecule has 3 aromatic rings. The van der Waals surface area contributed by atoms with Crippen molar-refractivity contribution in [3.63, 3.8) is 0 Å². The Morgan fingerprint density at radius 1 is 0.853 bits per heavy atom. The number of allylic oxidation sites excluding steroid dienone is 1. The number of hydrogen-bond acceptors (Lipinski definition) is 5. The van der Waals surface area contributed by atoms with Gasteiger partial charge in [0.1, 0.15) is 11.5 Å². The van der Waals surface area contributed by atoms with E-state index in [0.29, 0.717) is 13.0 Å². The highest BCUT2D eigenvalue weighted by atomic mass is 16.5. The summed E-state index contributed by atoms with van der Waals surface area (Å²) in [7, 11) is 1.67. The highest BCUT2D eigenvalue weighted by Gasteiger charge is 2.03. The first-order chi connectivity index (χ1) is 16.6. The number of azo groups is 1. The van der Waals surface area contributed by atoms with E-state index in [-0.39, 0.29) is 5.78 Å². The third-order valence-electron chi connectivity index (χ3n) is 5.54. The van der Waals surface area contributed by atoms with Crippen LogP contribution >= 0.6 is 0 Å². The molecule has 0 heterocycles. The van der Waals surface area contributed by atoms with E-state index in [4.69, 9.17) is 9.47 Å². The number of ketones is 1. The van der Waals surface area contributed by atoms with Crippen molar-refractivity contribution in [3.05, 3.63) is 84.9 Å². The topological polar surface area (TPSA) is 60.2 Å². The molecule has 5 heteroatoms. The average Bonchev–Trinajstić information content (AvgIpc) is 2.88. The van der Waals surface area contributed by atoms with Crippen LogP contribution in [0.1, 0.15) is 37.7 Å². The first kappa shape index (κ1) is 24.9. The van der Waals surface area contributed by atoms with Crippen LogP contribution < -0.4 is 9.47 Å². The van der Waals surface area contributed by atoms with Gasteiger partial charge in [0.05, 0.1) is 25.1 Å². The molecule has 0 aliphatic heterocycles. The molecule has 0 N–H and O–H groups in total. The van der Waals surface area contributed by atoms with Crippen molar-refractivity contribution in [3.8, 4) is 22.6 Å². The number of carbonyl (C=O) groups excluding carboxylic acids is 1. The molecule has 3 aromatic carbocycles. The second kappa shape index (κ2) is 13.1. The van der Waals surface area contributed by atoms with Gasteiger partial charge in [-0.3, -0.25) is 4.79 Å². The van der Waals surface area contributed by atoms with Crippen LogP contribution in [-0.4, -0.2) is 19.5 Å². The number of rotatable bonds is 13. The molecular formula is C29H32N2O3. The van der Waals surface area contributed by atoms with Gasteiger partial charge in [-0.2, -0.15) is 10.2 Å². The Labute approximate surface area is 202 Å². The summed E-state index contributed by atoms with van der Waals surface area (Å²) in [6.45, 7) is 6.19. The van der Waals surface area contributed by atoms with Crippen LogP contribution in [0.2, 0.25) is 0 Å². The maximum atomic E-state index is 11.2. The Balaban J connectivity index is 1.47. The van der Waals surface area contributed by atoms with E-state index >= 15 is 0 Å². The van der Waals surface area contributed by atoms with E-state index < -0.39 is 0 Å². The number of ether oxygens (including phenoxy) is 2. The molecule has 0 amide bonds. The lowest BCUT2D eigenvalue weighted by molar-refractivity contribution is -0.114. The summed E-state index contributed by atoms with van der Waals surface area (Å²) in [5.74, 6) is 1.78. The van der Waals surface area contributed by atoms with Gasteiger partial charge in [0.2, 0.25) is 0 Å². The molecule has 0 spiro atoms. The maximum absolute atomic E-state index is 11.2. The van der Waals surface area contributed by atoms with Crippen LogP contribution in [0.3, 0.4) is 0 Å². The molecule has 0 bridgehead atoms. The number of hydrogen-bond donors (Lipinski definition) is 0. The minimum Gasteiger partial charge on any atom is -0.497 e. The molecule has 0 aliphatic carbocycles. The fourth-order valence-electron chi connectivity index (χ4n) is 3.50. The summed E-state index contributed by atoms with van der Waals surface area (Å²) in [6.07, 6.45) is 5.94. The van der Waals surface area contributed by atoms with Gasteiger partial charge in [-0.1, -0.05) is 37.6 Å². The highest BCUT2D eigenvalue weighted by Crippen LogP contribution is 2.29. The highest BCUT2D eigenvalue weighted by molar-refractivity contribution is 5.88. The Morgan fingerprint density at radius 2 is 1.53 bits per heavy atom. The second-order valence-corrected chi connectivity index (χ2v) is 8.11. The number of aryl methyl sites for hydroxylation is 1. The largest absolute Gasteiger partial charge is 0.497 e. The molecule has 0 saturated heterocycles. The van der Waals surface area contributed by atoms with Crippen molar-refractivity contribution in [2.75, 3.05) is 13.7 Å². The van der Waals surface area contributed by atoms with Crippen molar-refractivity contribution < 1.29 is 14.3 Å². The van der Waals surface area contributed by atoms with Gasteiger partial charge in [-0.15, -0.1) is 0 Å². The van der Waals surface area contributed by atoms with Gasteiger partial charge < -0.3 is 9.47 Å². The van der Waals surface area contributed by atoms with E-state index in [2.05, 4.69) is 28.9 Å². The van der Waals surface area contributed by atoms with Crippen molar-refractivity contribution in [2.24, 2.45) is 10.2 Å². The van der Waals surface area contributed by atoms with Crippen LogP contribution in [0, 0.1) is 6.92 Å². The summed E-state index contributed by atoms with van der Waals surface area (Å²) in [6, 6.07) is 21.8. The van der Waals surface area contributed by atoms with E-state index in [9.17, 15) is 4.79 Å². The lowest BCUT2D eigenvalue weighted by Crippen LogP contribution is -1.97. The molecule has 34 heavy (non-hydrogen) atoms. The quantitative estimate of drug-likeness (QED) is 0.148. The molecule has 0 saturated carbocycles. The lowest BCUT2D eigenvalue weighted by atomic mass is 10.0. The molecule has 0 aliphatic rings. The molecular weight excluding hydrogens is 424 g/mol. The van der Waals surface area contributed by atoms with Crippen LogP contribution in [0.15, 0.2) is 89.6 Å². The predicted octanol–water partition coefficient (Wildman–Crippen LogP) is 8.17. The second-order valence-electron chi connectivity index (χ2n) is 8.11. The Morgan fingerprint density at radius 3 is 2.21 bits per heavy atom. The number of benzene rings is 3. The number of unbranched alkanes of at least 4 members (excludes halogenated alkanes) is 3. The van der Waals surface area contributed by atoms with Gasteiger partial charge in [0.15, 0.2) is 5.78 Å². The molecule has 176 valence electrons. The van der Waals surface area contributed by atoms with Crippen LogP contribution in [0.5, 0.6) is 11.5 Å². The Kier molecular flexibility index (Phi) is 9.59. The van der Waals surface area contributed by atoms with E-state index in [0.717, 1.165) is 65.2 Å². The molecule has 0 unspecified atom stereocenters. The smallest absolute Gasteiger partial charge is 0.155 e. The minimum atomic E-state index is 0.120. The number of nitrogens with zero attached hydrogens (tertiary/aromatic N) is 2. The van der Waals surface area contributed by atoms with Crippen LogP contribution in [-0.2, 0) is 4.79 Å². The third-order valence-corrected chi connectivity index (χ3v) is 5.54. The zero-order valence-electron chi connectivity index (χ0n) is 20.0. The van der Waals surface area contributed by atoms with Gasteiger partial charge >= 0.3 is 0 Å². The predicted molar refractivity (Wildman–Crippen MR) is 138 cm³/mol. The summed E-state index contributed by atoms with van der Waals surface area (Å²) < 4.78 is 11.0. The fraction of sp³-hybridized carbons (Fsp3) is 0.276. The molecule has 0 aromatic heterocycles. The van der Waals surface area contributed by atoms with E-state index in [1.165, 1.54) is 6.08 Å². The first-order valence-electron chi connectivity index (χ1n) is 11.6. The van der Waals surface area contributed by atoms with Crippen molar-refractivity contribution in [1.29, 1.82) is 0 Å². The van der Waals surface area contributed by atoms with Gasteiger partial charge in [-0.25, -0.2) is 0 Å². The van der Waals surface area contributed by atoms with Gasteiger partial charge in [-0.05, 0) is 91.1 Å². The Bertz CT molecular complexity index is 1100. The molecule has 3 rings (SSSR count). The van der Waals surface area contributed by atoms with Crippen molar-refractivity contribution in [2.45, 2.75) is 39.0 Å². The van der Waals surface area contributed by atoms with Crippen molar-refractivity contribution >= 4 is 17.2 Å². The molecule has 0 atom stereocenters.